The maximum atomic E-state index is 12.7. The first kappa shape index (κ1) is 16.5. The number of hydrogen-bond acceptors (Lipinski definition) is 4. The zero-order chi connectivity index (χ0) is 16.3. The molecule has 0 saturated carbocycles. The van der Waals surface area contributed by atoms with Crippen molar-refractivity contribution in [1.82, 2.24) is 0 Å². The normalized spacial score (nSPS) is 11.1. The molecule has 0 atom stereocenters. The molecule has 0 N–H and O–H groups in total. The predicted octanol–water partition coefficient (Wildman–Crippen LogP) is 3.18. The average Bonchev–Trinajstić information content (AvgIpc) is 2.53. The van der Waals surface area contributed by atoms with E-state index in [4.69, 9.17) is 21.1 Å². The molecule has 0 bridgehead atoms. The van der Waals surface area contributed by atoms with Crippen LogP contribution in [0, 0.1) is 0 Å². The van der Waals surface area contributed by atoms with E-state index in [1.54, 1.807) is 30.3 Å². The molecule has 0 amide bonds. The number of methoxy groups -OCH3 is 2. The lowest BCUT2D eigenvalue weighted by Crippen LogP contribution is -2.26. The third-order valence-electron chi connectivity index (χ3n) is 3.21. The van der Waals surface area contributed by atoms with Crippen molar-refractivity contribution in [2.45, 2.75) is 4.90 Å². The number of hydrogen-bond donors (Lipinski definition) is 0. The highest BCUT2D eigenvalue weighted by Gasteiger charge is 2.24. The van der Waals surface area contributed by atoms with E-state index in [1.807, 2.05) is 0 Å². The first-order valence-electron chi connectivity index (χ1n) is 6.37. The van der Waals surface area contributed by atoms with Crippen LogP contribution in [0.1, 0.15) is 0 Å². The number of halogens is 1. The van der Waals surface area contributed by atoms with Gasteiger partial charge in [-0.2, -0.15) is 0 Å². The molecule has 2 aromatic rings. The Morgan fingerprint density at radius 2 is 1.64 bits per heavy atom. The van der Waals surface area contributed by atoms with E-state index >= 15 is 0 Å². The summed E-state index contributed by atoms with van der Waals surface area (Å²) in [5.41, 5.74) is 0.442. The minimum Gasteiger partial charge on any atom is -0.493 e. The largest absolute Gasteiger partial charge is 0.493 e. The first-order valence-corrected chi connectivity index (χ1v) is 8.19. The lowest BCUT2D eigenvalue weighted by atomic mass is 10.3. The summed E-state index contributed by atoms with van der Waals surface area (Å²) in [4.78, 5) is 0.0500. The molecule has 22 heavy (non-hydrogen) atoms. The van der Waals surface area contributed by atoms with Crippen molar-refractivity contribution in [3.63, 3.8) is 0 Å². The molecule has 0 aliphatic carbocycles. The number of anilines is 1. The smallest absolute Gasteiger partial charge is 0.265 e. The molecule has 7 heteroatoms. The molecule has 0 heterocycles. The molecule has 0 aliphatic heterocycles. The highest BCUT2D eigenvalue weighted by Crippen LogP contribution is 2.34. The van der Waals surface area contributed by atoms with Gasteiger partial charge in [-0.15, -0.1) is 0 Å². The molecule has 0 aromatic heterocycles. The van der Waals surface area contributed by atoms with Crippen LogP contribution in [0.2, 0.25) is 5.02 Å². The van der Waals surface area contributed by atoms with E-state index in [-0.39, 0.29) is 9.92 Å². The van der Waals surface area contributed by atoms with Gasteiger partial charge in [0.1, 0.15) is 4.90 Å². The van der Waals surface area contributed by atoms with E-state index < -0.39 is 10.0 Å². The lowest BCUT2D eigenvalue weighted by molar-refractivity contribution is 0.355. The molecule has 118 valence electrons. The van der Waals surface area contributed by atoms with Crippen LogP contribution in [0.5, 0.6) is 11.5 Å². The van der Waals surface area contributed by atoms with Gasteiger partial charge in [-0.05, 0) is 24.3 Å². The summed E-state index contributed by atoms with van der Waals surface area (Å²) in [5, 5.41) is 0.176. The Labute approximate surface area is 135 Å². The third kappa shape index (κ3) is 2.98. The summed E-state index contributed by atoms with van der Waals surface area (Å²) >= 11 is 6.00. The van der Waals surface area contributed by atoms with Gasteiger partial charge in [0, 0.05) is 13.1 Å². The van der Waals surface area contributed by atoms with Crippen LogP contribution in [0.4, 0.5) is 5.69 Å². The Bertz CT molecular complexity index is 777. The molecule has 0 saturated heterocycles. The highest BCUT2D eigenvalue weighted by molar-refractivity contribution is 7.93. The first-order chi connectivity index (χ1) is 10.4. The van der Waals surface area contributed by atoms with Gasteiger partial charge in [-0.1, -0.05) is 23.7 Å². The fourth-order valence-corrected chi connectivity index (χ4v) is 3.64. The molecular weight excluding hydrogens is 326 g/mol. The molecule has 0 unspecified atom stereocenters. The molecule has 0 spiro atoms. The van der Waals surface area contributed by atoms with Gasteiger partial charge < -0.3 is 9.47 Å². The Hall–Kier alpha value is -1.92. The van der Waals surface area contributed by atoms with Gasteiger partial charge in [0.2, 0.25) is 0 Å². The standard InChI is InChI=1S/C15H16ClNO4S/c1-17(11-8-9-13(20-2)14(10-11)21-3)22(18,19)15-7-5-4-6-12(15)16/h4-10H,1-3H3. The Kier molecular flexibility index (Phi) is 4.83. The molecule has 0 aliphatic rings. The summed E-state index contributed by atoms with van der Waals surface area (Å²) in [5.74, 6) is 0.969. The quantitative estimate of drug-likeness (QED) is 0.838. The Morgan fingerprint density at radius 3 is 2.23 bits per heavy atom. The zero-order valence-corrected chi connectivity index (χ0v) is 14.0. The van der Waals surface area contributed by atoms with Crippen molar-refractivity contribution in [3.8, 4) is 11.5 Å². The van der Waals surface area contributed by atoms with E-state index in [0.717, 1.165) is 4.31 Å². The summed E-state index contributed by atoms with van der Waals surface area (Å²) in [6.45, 7) is 0. The van der Waals surface area contributed by atoms with Crippen LogP contribution in [-0.4, -0.2) is 29.7 Å². The maximum Gasteiger partial charge on any atom is 0.265 e. The van der Waals surface area contributed by atoms with Crippen LogP contribution in [-0.2, 0) is 10.0 Å². The average molecular weight is 342 g/mol. The molecule has 2 aromatic carbocycles. The van der Waals surface area contributed by atoms with Crippen LogP contribution < -0.4 is 13.8 Å². The number of nitrogens with zero attached hydrogens (tertiary/aromatic N) is 1. The number of ether oxygens (including phenoxy) is 2. The van der Waals surface area contributed by atoms with Gasteiger partial charge >= 0.3 is 0 Å². The Morgan fingerprint density at radius 1 is 1.00 bits per heavy atom. The van der Waals surface area contributed by atoms with Crippen molar-refractivity contribution in [1.29, 1.82) is 0 Å². The summed E-state index contributed by atoms with van der Waals surface area (Å²) < 4.78 is 36.8. The van der Waals surface area contributed by atoms with Gasteiger partial charge in [0.25, 0.3) is 10.0 Å². The lowest BCUT2D eigenvalue weighted by Gasteiger charge is -2.21. The zero-order valence-electron chi connectivity index (χ0n) is 12.4. The van der Waals surface area contributed by atoms with Gasteiger partial charge in [-0.3, -0.25) is 4.31 Å². The second-order valence-corrected chi connectivity index (χ2v) is 6.79. The van der Waals surface area contributed by atoms with Crippen molar-refractivity contribution in [2.75, 3.05) is 25.6 Å². The molecule has 5 nitrogen and oxygen atoms in total. The number of rotatable bonds is 5. The van der Waals surface area contributed by atoms with Gasteiger partial charge in [-0.25, -0.2) is 8.42 Å². The van der Waals surface area contributed by atoms with Crippen LogP contribution in [0.15, 0.2) is 47.4 Å². The van der Waals surface area contributed by atoms with Crippen LogP contribution >= 0.6 is 11.6 Å². The predicted molar refractivity (Wildman–Crippen MR) is 86.6 cm³/mol. The minimum absolute atomic E-state index is 0.0500. The molecule has 0 radical (unpaired) electrons. The minimum atomic E-state index is -3.76. The molecular formula is C15H16ClNO4S. The number of benzene rings is 2. The van der Waals surface area contributed by atoms with Gasteiger partial charge in [0.05, 0.1) is 24.9 Å². The topological polar surface area (TPSA) is 55.8 Å². The number of sulfonamides is 1. The SMILES string of the molecule is COc1ccc(N(C)S(=O)(=O)c2ccccc2Cl)cc1OC. The molecule has 2 rings (SSSR count). The van der Waals surface area contributed by atoms with Gasteiger partial charge in [0.15, 0.2) is 11.5 Å². The third-order valence-corrected chi connectivity index (χ3v) is 5.49. The molecule has 0 fully saturated rings. The van der Waals surface area contributed by atoms with Crippen molar-refractivity contribution in [3.05, 3.63) is 47.5 Å². The van der Waals surface area contributed by atoms with E-state index in [0.29, 0.717) is 17.2 Å². The fraction of sp³-hybridized carbons (Fsp3) is 0.200. The maximum absolute atomic E-state index is 12.7. The monoisotopic (exact) mass is 341 g/mol. The second-order valence-electron chi connectivity index (χ2n) is 4.44. The highest BCUT2D eigenvalue weighted by atomic mass is 35.5. The van der Waals surface area contributed by atoms with E-state index in [2.05, 4.69) is 0 Å². The van der Waals surface area contributed by atoms with E-state index in [1.165, 1.54) is 33.4 Å². The summed E-state index contributed by atoms with van der Waals surface area (Å²) in [6, 6.07) is 11.2. The fourth-order valence-electron chi connectivity index (χ4n) is 1.96. The Balaban J connectivity index is 2.47. The summed E-state index contributed by atoms with van der Waals surface area (Å²) in [6.07, 6.45) is 0. The summed E-state index contributed by atoms with van der Waals surface area (Å²) in [7, 11) is 0.702. The van der Waals surface area contributed by atoms with Crippen LogP contribution in [0.3, 0.4) is 0 Å². The van der Waals surface area contributed by atoms with E-state index in [9.17, 15) is 8.42 Å². The van der Waals surface area contributed by atoms with Crippen molar-refractivity contribution in [2.24, 2.45) is 0 Å². The van der Waals surface area contributed by atoms with Crippen molar-refractivity contribution >= 4 is 27.3 Å². The second kappa shape index (κ2) is 6.46. The van der Waals surface area contributed by atoms with Crippen LogP contribution in [0.25, 0.3) is 0 Å². The van der Waals surface area contributed by atoms with Crippen molar-refractivity contribution < 1.29 is 17.9 Å².